The van der Waals surface area contributed by atoms with Gasteiger partial charge in [0.25, 0.3) is 5.91 Å². The lowest BCUT2D eigenvalue weighted by Gasteiger charge is -2.38. The van der Waals surface area contributed by atoms with E-state index in [0.29, 0.717) is 24.3 Å². The molecule has 0 spiro atoms. The van der Waals surface area contributed by atoms with E-state index >= 15 is 0 Å². The van der Waals surface area contributed by atoms with Crippen LogP contribution in [-0.2, 0) is 4.79 Å². The van der Waals surface area contributed by atoms with E-state index in [2.05, 4.69) is 13.8 Å². The van der Waals surface area contributed by atoms with Gasteiger partial charge in [0.15, 0.2) is 6.61 Å². The third-order valence-corrected chi connectivity index (χ3v) is 4.50. The molecule has 122 valence electrons. The average Bonchev–Trinajstić information content (AvgIpc) is 2.52. The Bertz CT molecular complexity index is 476. The molecular formula is C18H27NO3. The lowest BCUT2D eigenvalue weighted by Crippen LogP contribution is -2.49. The van der Waals surface area contributed by atoms with Crippen molar-refractivity contribution in [3.8, 4) is 5.75 Å². The number of rotatable bonds is 5. The second-order valence-electron chi connectivity index (χ2n) is 6.21. The van der Waals surface area contributed by atoms with Crippen LogP contribution in [0.2, 0.25) is 0 Å². The minimum absolute atomic E-state index is 0.0531. The first kappa shape index (κ1) is 16.8. The third-order valence-electron chi connectivity index (χ3n) is 4.50. The summed E-state index contributed by atoms with van der Waals surface area (Å²) in [5.74, 6) is 0.718. The maximum Gasteiger partial charge on any atom is 0.260 e. The predicted molar refractivity (Wildman–Crippen MR) is 86.8 cm³/mol. The largest absolute Gasteiger partial charge is 0.484 e. The Labute approximate surface area is 133 Å². The van der Waals surface area contributed by atoms with E-state index < -0.39 is 6.10 Å². The van der Waals surface area contributed by atoms with Gasteiger partial charge in [0.05, 0.1) is 6.10 Å². The Morgan fingerprint density at radius 2 is 1.86 bits per heavy atom. The summed E-state index contributed by atoms with van der Waals surface area (Å²) in [6, 6.07) is 7.90. The van der Waals surface area contributed by atoms with E-state index in [1.54, 1.807) is 0 Å². The lowest BCUT2D eigenvalue weighted by molar-refractivity contribution is -0.139. The van der Waals surface area contributed by atoms with Crippen LogP contribution in [0, 0.1) is 0 Å². The van der Waals surface area contributed by atoms with Crippen molar-refractivity contribution in [3.05, 3.63) is 29.8 Å². The molecule has 1 aliphatic heterocycles. The fraction of sp³-hybridized carbons (Fsp3) is 0.611. The molecule has 22 heavy (non-hydrogen) atoms. The number of aliphatic hydroxyl groups excluding tert-OH is 1. The molecule has 1 saturated heterocycles. The van der Waals surface area contributed by atoms with Crippen LogP contribution in [0.3, 0.4) is 0 Å². The van der Waals surface area contributed by atoms with Crippen LogP contribution >= 0.6 is 0 Å². The first-order valence-corrected chi connectivity index (χ1v) is 8.25. The molecule has 0 aromatic heterocycles. The minimum Gasteiger partial charge on any atom is -0.484 e. The Hall–Kier alpha value is -1.55. The molecule has 0 aliphatic carbocycles. The number of piperidine rings is 1. The molecule has 0 bridgehead atoms. The summed E-state index contributed by atoms with van der Waals surface area (Å²) in [5, 5.41) is 9.77. The summed E-state index contributed by atoms with van der Waals surface area (Å²) in [6.45, 7) is 6.22. The van der Waals surface area contributed by atoms with Gasteiger partial charge in [-0.05, 0) is 57.2 Å². The molecule has 1 aliphatic rings. The van der Waals surface area contributed by atoms with Crippen molar-refractivity contribution >= 4 is 5.91 Å². The van der Waals surface area contributed by atoms with E-state index in [0.717, 1.165) is 18.4 Å². The van der Waals surface area contributed by atoms with Gasteiger partial charge in [0, 0.05) is 12.1 Å². The molecule has 1 N–H and O–H groups in total. The highest BCUT2D eigenvalue weighted by Gasteiger charge is 2.28. The first-order chi connectivity index (χ1) is 10.5. The van der Waals surface area contributed by atoms with E-state index in [4.69, 9.17) is 4.74 Å². The number of hydrogen-bond donors (Lipinski definition) is 1. The molecule has 0 saturated carbocycles. The van der Waals surface area contributed by atoms with Gasteiger partial charge in [-0.1, -0.05) is 19.1 Å². The second-order valence-corrected chi connectivity index (χ2v) is 6.21. The van der Waals surface area contributed by atoms with Crippen LogP contribution in [0.25, 0.3) is 0 Å². The van der Waals surface area contributed by atoms with Gasteiger partial charge >= 0.3 is 0 Å². The van der Waals surface area contributed by atoms with Crippen molar-refractivity contribution in [2.24, 2.45) is 0 Å². The third kappa shape index (κ3) is 4.01. The molecule has 1 heterocycles. The maximum atomic E-state index is 12.4. The van der Waals surface area contributed by atoms with Crippen LogP contribution in [0.1, 0.15) is 58.1 Å². The number of carbonyl (C=O) groups is 1. The van der Waals surface area contributed by atoms with Crippen LogP contribution in [0.15, 0.2) is 24.3 Å². The van der Waals surface area contributed by atoms with Gasteiger partial charge in [0.2, 0.25) is 0 Å². The molecule has 4 heteroatoms. The lowest BCUT2D eigenvalue weighted by atomic mass is 9.97. The first-order valence-electron chi connectivity index (χ1n) is 8.25. The van der Waals surface area contributed by atoms with Crippen molar-refractivity contribution in [2.75, 3.05) is 6.61 Å². The highest BCUT2D eigenvalue weighted by atomic mass is 16.5. The Morgan fingerprint density at radius 1 is 1.27 bits per heavy atom. The van der Waals surface area contributed by atoms with Gasteiger partial charge in [-0.2, -0.15) is 0 Å². The molecular weight excluding hydrogens is 278 g/mol. The van der Waals surface area contributed by atoms with E-state index in [1.165, 1.54) is 6.42 Å². The van der Waals surface area contributed by atoms with Crippen LogP contribution in [-0.4, -0.2) is 34.6 Å². The smallest absolute Gasteiger partial charge is 0.260 e. The van der Waals surface area contributed by atoms with Crippen molar-refractivity contribution < 1.29 is 14.6 Å². The zero-order valence-electron chi connectivity index (χ0n) is 13.8. The summed E-state index contributed by atoms with van der Waals surface area (Å²) in [5.41, 5.74) is 0.874. The van der Waals surface area contributed by atoms with Crippen LogP contribution in [0.5, 0.6) is 5.75 Å². The number of benzene rings is 1. The van der Waals surface area contributed by atoms with Gasteiger partial charge in [0.1, 0.15) is 5.75 Å². The number of nitrogens with zero attached hydrogens (tertiary/aromatic N) is 1. The highest BCUT2D eigenvalue weighted by Crippen LogP contribution is 2.23. The highest BCUT2D eigenvalue weighted by molar-refractivity contribution is 5.78. The molecule has 4 nitrogen and oxygen atoms in total. The number of aliphatic hydroxyl groups is 1. The summed E-state index contributed by atoms with van der Waals surface area (Å²) in [7, 11) is 0. The predicted octanol–water partition coefficient (Wildman–Crippen LogP) is 3.30. The molecule has 1 amide bonds. The monoisotopic (exact) mass is 305 g/mol. The van der Waals surface area contributed by atoms with Gasteiger partial charge in [-0.15, -0.1) is 0 Å². The van der Waals surface area contributed by atoms with Crippen molar-refractivity contribution in [3.63, 3.8) is 0 Å². The summed E-state index contributed by atoms with van der Waals surface area (Å²) < 4.78 is 5.61. The van der Waals surface area contributed by atoms with Crippen LogP contribution in [0.4, 0.5) is 0 Å². The van der Waals surface area contributed by atoms with Gasteiger partial charge < -0.3 is 14.7 Å². The standard InChI is InChI=1S/C18H27NO3/c1-4-17(20)15-8-10-16(11-9-15)22-12-18(21)19-13(2)6-5-7-14(19)3/h8-11,13-14,17,20H,4-7,12H2,1-3H3. The quantitative estimate of drug-likeness (QED) is 0.908. The number of ether oxygens (including phenoxy) is 1. The average molecular weight is 305 g/mol. The van der Waals surface area contributed by atoms with Gasteiger partial charge in [-0.25, -0.2) is 0 Å². The van der Waals surface area contributed by atoms with Crippen molar-refractivity contribution in [2.45, 2.75) is 64.6 Å². The molecule has 1 fully saturated rings. The minimum atomic E-state index is -0.439. The fourth-order valence-electron chi connectivity index (χ4n) is 3.15. The molecule has 2 rings (SSSR count). The summed E-state index contributed by atoms with van der Waals surface area (Å²) in [4.78, 5) is 14.3. The Morgan fingerprint density at radius 3 is 2.41 bits per heavy atom. The maximum absolute atomic E-state index is 12.4. The SMILES string of the molecule is CCC(O)c1ccc(OCC(=O)N2C(C)CCCC2C)cc1. The fourth-order valence-corrected chi connectivity index (χ4v) is 3.15. The Balaban J connectivity index is 1.90. The molecule has 3 atom stereocenters. The number of amides is 1. The van der Waals surface area contributed by atoms with Crippen molar-refractivity contribution in [1.29, 1.82) is 0 Å². The Kier molecular flexibility index (Phi) is 5.83. The van der Waals surface area contributed by atoms with Gasteiger partial charge in [-0.3, -0.25) is 4.79 Å². The zero-order valence-corrected chi connectivity index (χ0v) is 13.8. The van der Waals surface area contributed by atoms with Crippen molar-refractivity contribution in [1.82, 2.24) is 4.90 Å². The van der Waals surface area contributed by atoms with E-state index in [-0.39, 0.29) is 12.5 Å². The second kappa shape index (κ2) is 7.63. The number of hydrogen-bond acceptors (Lipinski definition) is 3. The summed E-state index contributed by atoms with van der Waals surface area (Å²) in [6.07, 6.45) is 3.57. The number of likely N-dealkylation sites (tertiary alicyclic amines) is 1. The van der Waals surface area contributed by atoms with E-state index in [9.17, 15) is 9.90 Å². The normalized spacial score (nSPS) is 23.2. The van der Waals surface area contributed by atoms with Crippen LogP contribution < -0.4 is 4.74 Å². The molecule has 1 aromatic carbocycles. The summed E-state index contributed by atoms with van der Waals surface area (Å²) >= 11 is 0. The van der Waals surface area contributed by atoms with E-state index in [1.807, 2.05) is 36.1 Å². The molecule has 3 unspecified atom stereocenters. The topological polar surface area (TPSA) is 49.8 Å². The number of carbonyl (C=O) groups excluding carboxylic acids is 1. The zero-order chi connectivity index (χ0) is 16.1. The molecule has 0 radical (unpaired) electrons. The molecule has 1 aromatic rings.